The average molecular weight is 508 g/mol. The van der Waals surface area contributed by atoms with Crippen LogP contribution in [0.1, 0.15) is 23.9 Å². The lowest BCUT2D eigenvalue weighted by Gasteiger charge is -2.41. The maximum absolute atomic E-state index is 14.5. The molecule has 1 fully saturated rings. The molecule has 1 N–H and O–H groups in total. The van der Waals surface area contributed by atoms with E-state index in [9.17, 15) is 36.6 Å². The van der Waals surface area contributed by atoms with E-state index in [-0.39, 0.29) is 22.0 Å². The van der Waals surface area contributed by atoms with Gasteiger partial charge in [0.15, 0.2) is 33.0 Å². The summed E-state index contributed by atoms with van der Waals surface area (Å²) in [7, 11) is 0. The normalized spacial score (nSPS) is 27.1. The number of alkyl halides is 2. The van der Waals surface area contributed by atoms with Crippen LogP contribution in [0.2, 0.25) is 0 Å². The molecule has 3 unspecified atom stereocenters. The van der Waals surface area contributed by atoms with Crippen LogP contribution in [0, 0.1) is 29.1 Å². The van der Waals surface area contributed by atoms with Crippen LogP contribution in [0.4, 0.5) is 27.6 Å². The number of hydrogen-bond donors (Lipinski definition) is 1. The van der Waals surface area contributed by atoms with E-state index >= 15 is 0 Å². The lowest BCUT2D eigenvalue weighted by Crippen LogP contribution is -2.54. The van der Waals surface area contributed by atoms with Gasteiger partial charge in [0.05, 0.1) is 5.92 Å². The van der Waals surface area contributed by atoms with E-state index in [1.807, 2.05) is 0 Å². The molecule has 12 heteroatoms. The minimum absolute atomic E-state index is 0.0506. The van der Waals surface area contributed by atoms with E-state index < -0.39 is 75.3 Å². The zero-order chi connectivity index (χ0) is 24.5. The number of benzene rings is 1. The van der Waals surface area contributed by atoms with Crippen molar-refractivity contribution in [2.24, 2.45) is 0 Å². The molecule has 0 radical (unpaired) electrons. The Balaban J connectivity index is 1.98. The first kappa shape index (κ1) is 23.5. The van der Waals surface area contributed by atoms with Gasteiger partial charge in [0.1, 0.15) is 23.8 Å². The van der Waals surface area contributed by atoms with Crippen molar-refractivity contribution in [1.82, 2.24) is 0 Å². The number of halogens is 7. The number of allylic oxidation sites excluding steroid dienone is 3. The van der Waals surface area contributed by atoms with Crippen LogP contribution in [0.3, 0.4) is 0 Å². The van der Waals surface area contributed by atoms with Gasteiger partial charge in [-0.05, 0) is 24.1 Å². The molecular formula is C21H12Cl2F5NO4. The third kappa shape index (κ3) is 2.87. The van der Waals surface area contributed by atoms with Crippen molar-refractivity contribution in [1.29, 1.82) is 0 Å². The Kier molecular flexibility index (Phi) is 5.46. The van der Waals surface area contributed by atoms with Gasteiger partial charge < -0.3 is 9.52 Å². The lowest BCUT2D eigenvalue weighted by atomic mass is 9.70. The van der Waals surface area contributed by atoms with Gasteiger partial charge in [-0.2, -0.15) is 0 Å². The van der Waals surface area contributed by atoms with Crippen molar-refractivity contribution >= 4 is 40.7 Å². The minimum Gasteiger partial charge on any atom is -0.463 e. The molecule has 2 heterocycles. The second-order valence-electron chi connectivity index (χ2n) is 7.38. The van der Waals surface area contributed by atoms with E-state index in [0.29, 0.717) is 0 Å². The van der Waals surface area contributed by atoms with Crippen molar-refractivity contribution in [2.45, 2.75) is 28.7 Å². The van der Waals surface area contributed by atoms with Crippen molar-refractivity contribution in [3.05, 3.63) is 77.0 Å². The summed E-state index contributed by atoms with van der Waals surface area (Å²) in [5.74, 6) is -16.3. The Bertz CT molecular complexity index is 1230. The van der Waals surface area contributed by atoms with Gasteiger partial charge in [-0.15, -0.1) is 23.2 Å². The molecule has 33 heavy (non-hydrogen) atoms. The Labute approximate surface area is 192 Å². The van der Waals surface area contributed by atoms with Crippen LogP contribution in [-0.4, -0.2) is 26.7 Å². The number of nitrogens with zero attached hydrogens (tertiary/aromatic N) is 1. The highest BCUT2D eigenvalue weighted by atomic mass is 35.5. The Morgan fingerprint density at radius 3 is 2.15 bits per heavy atom. The number of amides is 2. The minimum atomic E-state index is -2.51. The summed E-state index contributed by atoms with van der Waals surface area (Å²) in [6.07, 6.45) is 2.24. The molecule has 1 aliphatic carbocycles. The van der Waals surface area contributed by atoms with Crippen LogP contribution in [-0.2, 0) is 16.2 Å². The van der Waals surface area contributed by atoms with Gasteiger partial charge in [-0.3, -0.25) is 9.59 Å². The second kappa shape index (κ2) is 7.68. The third-order valence-electron chi connectivity index (χ3n) is 5.75. The summed E-state index contributed by atoms with van der Waals surface area (Å²) in [6, 6.07) is 2.68. The molecule has 0 bridgehead atoms. The number of fused-ring (bicyclic) bond motifs is 1. The monoisotopic (exact) mass is 507 g/mol. The largest absolute Gasteiger partial charge is 0.463 e. The standard InChI is InChI=1S/C21H12Cl2F5NO4/c1-2-8-5-6-20(22)18(31)29(17-15(27)13(25)12(24)14(26)16(17)28)19(32)21(20,23)11(8)10-4-3-9(7-30)33-10/h2-5,11,30H,1,6-7H2. The molecule has 2 aliphatic rings. The van der Waals surface area contributed by atoms with Crippen molar-refractivity contribution < 1.29 is 41.1 Å². The molecule has 1 saturated heterocycles. The summed E-state index contributed by atoms with van der Waals surface area (Å²) in [5, 5.41) is 9.29. The van der Waals surface area contributed by atoms with Crippen molar-refractivity contribution in [2.75, 3.05) is 4.90 Å². The topological polar surface area (TPSA) is 70.8 Å². The zero-order valence-corrected chi connectivity index (χ0v) is 17.8. The molecule has 3 atom stereocenters. The fourth-order valence-electron chi connectivity index (χ4n) is 4.14. The van der Waals surface area contributed by atoms with Crippen LogP contribution in [0.15, 0.2) is 40.9 Å². The third-order valence-corrected chi connectivity index (χ3v) is 7.17. The van der Waals surface area contributed by atoms with E-state index in [2.05, 4.69) is 6.58 Å². The molecule has 2 amide bonds. The Morgan fingerprint density at radius 2 is 1.64 bits per heavy atom. The van der Waals surface area contributed by atoms with E-state index in [0.717, 1.165) is 0 Å². The number of rotatable bonds is 4. The molecule has 1 aromatic heterocycles. The van der Waals surface area contributed by atoms with Crippen LogP contribution >= 0.6 is 23.2 Å². The van der Waals surface area contributed by atoms with Gasteiger partial charge in [-0.25, -0.2) is 26.9 Å². The van der Waals surface area contributed by atoms with Crippen molar-refractivity contribution in [3.8, 4) is 0 Å². The fourth-order valence-corrected chi connectivity index (χ4v) is 4.97. The molecule has 1 aromatic carbocycles. The summed E-state index contributed by atoms with van der Waals surface area (Å²) in [6.45, 7) is 3.08. The van der Waals surface area contributed by atoms with E-state index in [4.69, 9.17) is 27.6 Å². The first-order chi connectivity index (χ1) is 15.4. The average Bonchev–Trinajstić information content (AvgIpc) is 3.33. The Morgan fingerprint density at radius 1 is 1.06 bits per heavy atom. The maximum atomic E-state index is 14.5. The predicted octanol–water partition coefficient (Wildman–Crippen LogP) is 4.60. The molecular weight excluding hydrogens is 496 g/mol. The summed E-state index contributed by atoms with van der Waals surface area (Å²) in [4.78, 5) is 21.6. The molecule has 1 aliphatic heterocycles. The highest BCUT2D eigenvalue weighted by molar-refractivity contribution is 6.58. The van der Waals surface area contributed by atoms with Gasteiger partial charge in [0, 0.05) is 0 Å². The molecule has 2 aromatic rings. The zero-order valence-electron chi connectivity index (χ0n) is 16.3. The number of carbonyl (C=O) groups excluding carboxylic acids is 2. The number of aliphatic hydroxyl groups is 1. The van der Waals surface area contributed by atoms with E-state index in [1.54, 1.807) is 0 Å². The molecule has 0 saturated carbocycles. The summed E-state index contributed by atoms with van der Waals surface area (Å²) in [5.41, 5.74) is -1.54. The smallest absolute Gasteiger partial charge is 0.258 e. The number of furan rings is 1. The van der Waals surface area contributed by atoms with E-state index in [1.165, 1.54) is 24.3 Å². The van der Waals surface area contributed by atoms with Crippen molar-refractivity contribution in [3.63, 3.8) is 0 Å². The van der Waals surface area contributed by atoms with Crippen LogP contribution < -0.4 is 4.90 Å². The molecule has 5 nitrogen and oxygen atoms in total. The summed E-state index contributed by atoms with van der Waals surface area (Å²) >= 11 is 13.2. The van der Waals surface area contributed by atoms with Gasteiger partial charge in [0.2, 0.25) is 5.82 Å². The molecule has 174 valence electrons. The highest BCUT2D eigenvalue weighted by Gasteiger charge is 2.74. The number of aliphatic hydroxyl groups excluding tert-OH is 1. The first-order valence-electron chi connectivity index (χ1n) is 9.25. The van der Waals surface area contributed by atoms with Gasteiger partial charge in [-0.1, -0.05) is 18.7 Å². The lowest BCUT2D eigenvalue weighted by molar-refractivity contribution is -0.122. The van der Waals surface area contributed by atoms with Gasteiger partial charge >= 0.3 is 0 Å². The highest BCUT2D eigenvalue weighted by Crippen LogP contribution is 2.60. The van der Waals surface area contributed by atoms with Crippen LogP contribution in [0.25, 0.3) is 0 Å². The fraction of sp³-hybridized carbons (Fsp3) is 0.238. The number of imide groups is 1. The Hall–Kier alpha value is -2.69. The second-order valence-corrected chi connectivity index (χ2v) is 8.63. The molecule has 0 spiro atoms. The number of carbonyl (C=O) groups is 2. The SMILES string of the molecule is C=CC1=CCC2(Cl)C(=O)N(c3c(F)c(F)c(F)c(F)c3F)C(=O)C2(Cl)C1c1ccc(CO)o1. The molecule has 4 rings (SSSR count). The number of anilines is 1. The van der Waals surface area contributed by atoms with Gasteiger partial charge in [0.25, 0.3) is 11.8 Å². The number of hydrogen-bond acceptors (Lipinski definition) is 4. The summed E-state index contributed by atoms with van der Waals surface area (Å²) < 4.78 is 75.7. The first-order valence-corrected chi connectivity index (χ1v) is 10.0. The maximum Gasteiger partial charge on any atom is 0.258 e. The predicted molar refractivity (Wildman–Crippen MR) is 106 cm³/mol. The quantitative estimate of drug-likeness (QED) is 0.216. The van der Waals surface area contributed by atoms with Crippen LogP contribution in [0.5, 0.6) is 0 Å².